The van der Waals surface area contributed by atoms with E-state index in [4.69, 9.17) is 5.73 Å². The number of nitrogens with one attached hydrogen (secondary N) is 1. The summed E-state index contributed by atoms with van der Waals surface area (Å²) in [6.07, 6.45) is 3.04. The number of aryl methyl sites for hydroxylation is 1. The fourth-order valence-electron chi connectivity index (χ4n) is 1.85. The number of hydrogen-bond acceptors (Lipinski definition) is 3. The summed E-state index contributed by atoms with van der Waals surface area (Å²) in [5, 5.41) is 2.32. The van der Waals surface area contributed by atoms with Crippen molar-refractivity contribution in [3.8, 4) is 0 Å². The van der Waals surface area contributed by atoms with Crippen LogP contribution >= 0.6 is 0 Å². The summed E-state index contributed by atoms with van der Waals surface area (Å²) in [5.74, 6) is 0.385. The van der Waals surface area contributed by atoms with Gasteiger partial charge in [-0.25, -0.2) is 0 Å². The maximum absolute atomic E-state index is 12.1. The first-order chi connectivity index (χ1) is 9.45. The van der Waals surface area contributed by atoms with Gasteiger partial charge in [-0.2, -0.15) is 0 Å². The molecule has 4 nitrogen and oxygen atoms in total. The minimum atomic E-state index is -1.12. The molecule has 0 saturated heterocycles. The first-order valence-corrected chi connectivity index (χ1v) is 8.38. The molecule has 0 spiro atoms. The van der Waals surface area contributed by atoms with Crippen molar-refractivity contribution in [1.82, 2.24) is 0 Å². The smallest absolute Gasteiger partial charge is 0.239 e. The van der Waals surface area contributed by atoms with E-state index in [0.717, 1.165) is 30.5 Å². The van der Waals surface area contributed by atoms with Gasteiger partial charge < -0.3 is 11.1 Å². The Balaban J connectivity index is 2.59. The number of nitrogens with two attached hydrogens (primary N) is 1. The molecule has 112 valence electrons. The number of carbonyl (C=O) groups excluding carboxylic acids is 1. The van der Waals surface area contributed by atoms with E-state index in [-0.39, 0.29) is 5.91 Å². The third-order valence-corrected chi connectivity index (χ3v) is 4.91. The summed E-state index contributed by atoms with van der Waals surface area (Å²) in [5.41, 5.74) is 7.97. The molecular weight excluding hydrogens is 272 g/mol. The van der Waals surface area contributed by atoms with Gasteiger partial charge in [-0.3, -0.25) is 9.00 Å². The van der Waals surface area contributed by atoms with Crippen molar-refractivity contribution >= 4 is 28.1 Å². The summed E-state index contributed by atoms with van der Waals surface area (Å²) >= 11 is 0. The van der Waals surface area contributed by atoms with Crippen molar-refractivity contribution in [3.05, 3.63) is 23.8 Å². The quantitative estimate of drug-likeness (QED) is 0.600. The van der Waals surface area contributed by atoms with E-state index in [1.165, 1.54) is 0 Å². The maximum atomic E-state index is 12.1. The van der Waals surface area contributed by atoms with Crippen LogP contribution in [-0.2, 0) is 15.6 Å². The molecule has 0 bridgehead atoms. The first kappa shape index (κ1) is 16.7. The van der Waals surface area contributed by atoms with Crippen molar-refractivity contribution in [1.29, 1.82) is 0 Å². The molecule has 0 aliphatic heterocycles. The molecule has 1 aromatic carbocycles. The number of carbonyl (C=O) groups is 1. The molecule has 20 heavy (non-hydrogen) atoms. The van der Waals surface area contributed by atoms with Crippen LogP contribution in [0.2, 0.25) is 0 Å². The van der Waals surface area contributed by atoms with Crippen LogP contribution in [0.4, 0.5) is 11.4 Å². The van der Waals surface area contributed by atoms with E-state index in [1.807, 2.05) is 6.92 Å². The molecule has 0 aromatic heterocycles. The van der Waals surface area contributed by atoms with Gasteiger partial charge in [-0.05, 0) is 44.0 Å². The maximum Gasteiger partial charge on any atom is 0.239 e. The van der Waals surface area contributed by atoms with Crippen LogP contribution in [0.3, 0.4) is 0 Å². The van der Waals surface area contributed by atoms with Gasteiger partial charge in [-0.1, -0.05) is 19.8 Å². The molecule has 1 rings (SSSR count). The third-order valence-electron chi connectivity index (χ3n) is 3.22. The highest BCUT2D eigenvalue weighted by Crippen LogP contribution is 2.18. The van der Waals surface area contributed by atoms with Crippen LogP contribution in [0.5, 0.6) is 0 Å². The first-order valence-electron chi connectivity index (χ1n) is 7.00. The zero-order chi connectivity index (χ0) is 15.1. The van der Waals surface area contributed by atoms with Crippen molar-refractivity contribution in [2.75, 3.05) is 16.8 Å². The predicted octanol–water partition coefficient (Wildman–Crippen LogP) is 2.84. The minimum Gasteiger partial charge on any atom is -0.399 e. The van der Waals surface area contributed by atoms with Gasteiger partial charge in [0.1, 0.15) is 5.25 Å². The molecule has 2 atom stereocenters. The number of unbranched alkanes of at least 4 members (excludes halogenated alkanes) is 2. The van der Waals surface area contributed by atoms with E-state index in [9.17, 15) is 9.00 Å². The second-order valence-electron chi connectivity index (χ2n) is 5.00. The molecule has 3 N–H and O–H groups in total. The number of nitrogen functional groups attached to an aromatic ring is 1. The van der Waals surface area contributed by atoms with Crippen LogP contribution in [0.1, 0.15) is 38.7 Å². The summed E-state index contributed by atoms with van der Waals surface area (Å²) in [4.78, 5) is 12.1. The highest BCUT2D eigenvalue weighted by Gasteiger charge is 2.20. The van der Waals surface area contributed by atoms with E-state index in [1.54, 1.807) is 25.1 Å². The van der Waals surface area contributed by atoms with Gasteiger partial charge in [-0.15, -0.1) is 0 Å². The highest BCUT2D eigenvalue weighted by molar-refractivity contribution is 7.86. The second-order valence-corrected chi connectivity index (χ2v) is 6.87. The van der Waals surface area contributed by atoms with Crippen LogP contribution in [-0.4, -0.2) is 21.1 Å². The van der Waals surface area contributed by atoms with Crippen LogP contribution < -0.4 is 11.1 Å². The molecule has 5 heteroatoms. The van der Waals surface area contributed by atoms with Gasteiger partial charge in [0.25, 0.3) is 0 Å². The van der Waals surface area contributed by atoms with Gasteiger partial charge in [0, 0.05) is 27.9 Å². The van der Waals surface area contributed by atoms with Crippen LogP contribution in [0, 0.1) is 6.92 Å². The molecule has 0 heterocycles. The monoisotopic (exact) mass is 296 g/mol. The molecular formula is C15H24N2O2S. The lowest BCUT2D eigenvalue weighted by Gasteiger charge is -2.14. The number of amides is 1. The van der Waals surface area contributed by atoms with Crippen molar-refractivity contribution in [2.45, 2.75) is 45.3 Å². The SMILES string of the molecule is CCCCCS(=O)C(C)C(=O)Nc1ccc(N)cc1C. The topological polar surface area (TPSA) is 72.2 Å². The van der Waals surface area contributed by atoms with Crippen LogP contribution in [0.15, 0.2) is 18.2 Å². The second kappa shape index (κ2) is 8.04. The zero-order valence-electron chi connectivity index (χ0n) is 12.4. The molecule has 1 aromatic rings. The van der Waals surface area contributed by atoms with Crippen molar-refractivity contribution in [2.24, 2.45) is 0 Å². The number of hydrogen-bond donors (Lipinski definition) is 2. The molecule has 0 radical (unpaired) electrons. The molecule has 2 unspecified atom stereocenters. The Morgan fingerprint density at radius 3 is 2.70 bits per heavy atom. The lowest BCUT2D eigenvalue weighted by Crippen LogP contribution is -2.30. The lowest BCUT2D eigenvalue weighted by atomic mass is 10.2. The largest absolute Gasteiger partial charge is 0.399 e. The molecule has 0 saturated carbocycles. The van der Waals surface area contributed by atoms with Crippen LogP contribution in [0.25, 0.3) is 0 Å². The van der Waals surface area contributed by atoms with E-state index < -0.39 is 16.0 Å². The average molecular weight is 296 g/mol. The molecule has 0 aliphatic rings. The van der Waals surface area contributed by atoms with Crippen molar-refractivity contribution < 1.29 is 9.00 Å². The van der Waals surface area contributed by atoms with Gasteiger partial charge >= 0.3 is 0 Å². The van der Waals surface area contributed by atoms with E-state index in [0.29, 0.717) is 11.4 Å². The summed E-state index contributed by atoms with van der Waals surface area (Å²) in [7, 11) is -1.12. The van der Waals surface area contributed by atoms with E-state index >= 15 is 0 Å². The summed E-state index contributed by atoms with van der Waals surface area (Å²) < 4.78 is 12.0. The Labute approximate surface area is 123 Å². The predicted molar refractivity (Wildman–Crippen MR) is 86.2 cm³/mol. The van der Waals surface area contributed by atoms with Gasteiger partial charge in [0.05, 0.1) is 0 Å². The summed E-state index contributed by atoms with van der Waals surface area (Å²) in [6, 6.07) is 5.32. The standard InChI is InChI=1S/C15H24N2O2S/c1-4-5-6-9-20(19)12(3)15(18)17-14-8-7-13(16)10-11(14)2/h7-8,10,12H,4-6,9,16H2,1-3H3,(H,17,18). The van der Waals surface area contributed by atoms with Crippen molar-refractivity contribution in [3.63, 3.8) is 0 Å². The lowest BCUT2D eigenvalue weighted by molar-refractivity contribution is -0.115. The number of rotatable bonds is 7. The Hall–Kier alpha value is -1.36. The summed E-state index contributed by atoms with van der Waals surface area (Å²) in [6.45, 7) is 5.70. The molecule has 1 amide bonds. The van der Waals surface area contributed by atoms with Gasteiger partial charge in [0.15, 0.2) is 0 Å². The number of benzene rings is 1. The Bertz CT molecular complexity index is 489. The Morgan fingerprint density at radius 2 is 2.10 bits per heavy atom. The average Bonchev–Trinajstić information content (AvgIpc) is 2.41. The van der Waals surface area contributed by atoms with E-state index in [2.05, 4.69) is 12.2 Å². The Kier molecular flexibility index (Phi) is 6.71. The highest BCUT2D eigenvalue weighted by atomic mass is 32.2. The Morgan fingerprint density at radius 1 is 1.40 bits per heavy atom. The fraction of sp³-hybridized carbons (Fsp3) is 0.533. The normalized spacial score (nSPS) is 13.8. The molecule has 0 fully saturated rings. The third kappa shape index (κ3) is 4.96. The molecule has 0 aliphatic carbocycles. The van der Waals surface area contributed by atoms with Gasteiger partial charge in [0.2, 0.25) is 5.91 Å². The zero-order valence-corrected chi connectivity index (χ0v) is 13.3. The number of anilines is 2. The fourth-order valence-corrected chi connectivity index (χ4v) is 2.99. The minimum absolute atomic E-state index is 0.201.